The predicted molar refractivity (Wildman–Crippen MR) is 120 cm³/mol. The number of ether oxygens (including phenoxy) is 1. The van der Waals surface area contributed by atoms with Crippen LogP contribution in [0.4, 0.5) is 5.69 Å². The van der Waals surface area contributed by atoms with Crippen LogP contribution in [0.5, 0.6) is 11.5 Å². The lowest BCUT2D eigenvalue weighted by Crippen LogP contribution is -2.46. The number of hydrazone groups is 1. The van der Waals surface area contributed by atoms with E-state index < -0.39 is 22.0 Å². The molecule has 0 fully saturated rings. The zero-order chi connectivity index (χ0) is 22.3. The summed E-state index contributed by atoms with van der Waals surface area (Å²) >= 11 is 0. The van der Waals surface area contributed by atoms with E-state index in [0.29, 0.717) is 22.7 Å². The fourth-order valence-electron chi connectivity index (χ4n) is 2.81. The summed E-state index contributed by atoms with van der Waals surface area (Å²) in [5.74, 6) is 0.631. The topological polar surface area (TPSA) is 101 Å². The SMILES string of the molecule is C[C@H](C(=O)N/N=C\c1cccnc1)N(c1ccc(Oc2ccccc2)cc1)S(C)(=O)=O. The van der Waals surface area contributed by atoms with Gasteiger partial charge >= 0.3 is 0 Å². The Hall–Kier alpha value is -3.72. The second-order valence-electron chi connectivity index (χ2n) is 6.66. The number of nitrogens with zero attached hydrogens (tertiary/aromatic N) is 3. The third-order valence-corrected chi connectivity index (χ3v) is 5.47. The van der Waals surface area contributed by atoms with Crippen molar-refractivity contribution in [3.05, 3.63) is 84.7 Å². The summed E-state index contributed by atoms with van der Waals surface area (Å²) < 4.78 is 31.6. The molecule has 0 radical (unpaired) electrons. The van der Waals surface area contributed by atoms with Crippen molar-refractivity contribution in [2.45, 2.75) is 13.0 Å². The van der Waals surface area contributed by atoms with Gasteiger partial charge in [-0.3, -0.25) is 14.1 Å². The van der Waals surface area contributed by atoms with Gasteiger partial charge in [0.15, 0.2) is 0 Å². The Morgan fingerprint density at radius 1 is 1.06 bits per heavy atom. The van der Waals surface area contributed by atoms with Crippen molar-refractivity contribution in [3.8, 4) is 11.5 Å². The molecule has 0 aliphatic rings. The van der Waals surface area contributed by atoms with Crippen LogP contribution < -0.4 is 14.5 Å². The van der Waals surface area contributed by atoms with E-state index in [1.54, 1.807) is 48.8 Å². The number of carbonyl (C=O) groups is 1. The number of para-hydroxylation sites is 1. The van der Waals surface area contributed by atoms with E-state index in [1.807, 2.05) is 30.3 Å². The van der Waals surface area contributed by atoms with Crippen LogP contribution in [0.15, 0.2) is 84.2 Å². The fraction of sp³-hybridized carbons (Fsp3) is 0.136. The summed E-state index contributed by atoms with van der Waals surface area (Å²) in [6, 6.07) is 18.2. The molecule has 8 nitrogen and oxygen atoms in total. The van der Waals surface area contributed by atoms with Gasteiger partial charge in [-0.25, -0.2) is 13.8 Å². The van der Waals surface area contributed by atoms with Gasteiger partial charge in [0.05, 0.1) is 18.2 Å². The van der Waals surface area contributed by atoms with Gasteiger partial charge in [-0.15, -0.1) is 0 Å². The predicted octanol–water partition coefficient (Wildman–Crippen LogP) is 3.18. The highest BCUT2D eigenvalue weighted by atomic mass is 32.2. The van der Waals surface area contributed by atoms with Crippen LogP contribution in [-0.4, -0.2) is 37.8 Å². The van der Waals surface area contributed by atoms with E-state index in [4.69, 9.17) is 4.74 Å². The number of hydrogen-bond donors (Lipinski definition) is 1. The first-order valence-electron chi connectivity index (χ1n) is 9.40. The van der Waals surface area contributed by atoms with Crippen molar-refractivity contribution in [1.29, 1.82) is 0 Å². The molecule has 31 heavy (non-hydrogen) atoms. The molecule has 0 saturated heterocycles. The molecule has 3 aromatic rings. The van der Waals surface area contributed by atoms with Crippen LogP contribution in [0.25, 0.3) is 0 Å². The van der Waals surface area contributed by atoms with Crippen LogP contribution >= 0.6 is 0 Å². The van der Waals surface area contributed by atoms with E-state index in [1.165, 1.54) is 13.1 Å². The Morgan fingerprint density at radius 3 is 2.35 bits per heavy atom. The molecule has 3 rings (SSSR count). The largest absolute Gasteiger partial charge is 0.457 e. The molecule has 1 amide bonds. The van der Waals surface area contributed by atoms with E-state index in [0.717, 1.165) is 10.6 Å². The second-order valence-corrected chi connectivity index (χ2v) is 8.52. The molecule has 160 valence electrons. The number of amides is 1. The lowest BCUT2D eigenvalue weighted by atomic mass is 10.2. The molecule has 0 spiro atoms. The number of aromatic nitrogens is 1. The first kappa shape index (κ1) is 22.0. The maximum Gasteiger partial charge on any atom is 0.263 e. The summed E-state index contributed by atoms with van der Waals surface area (Å²) in [5, 5.41) is 3.88. The average molecular weight is 439 g/mol. The van der Waals surface area contributed by atoms with Gasteiger partial charge in [-0.2, -0.15) is 5.10 Å². The standard InChI is InChI=1S/C22H22N4O4S/c1-17(22(27)25-24-16-18-7-6-14-23-15-18)26(31(2,28)29)19-10-12-21(13-11-19)30-20-8-4-3-5-9-20/h3-17H,1-2H3,(H,25,27)/b24-16-/t17-/m1/s1. The van der Waals surface area contributed by atoms with E-state index >= 15 is 0 Å². The van der Waals surface area contributed by atoms with Crippen LogP contribution in [0.2, 0.25) is 0 Å². The molecule has 0 saturated carbocycles. The van der Waals surface area contributed by atoms with Gasteiger partial charge in [0.25, 0.3) is 5.91 Å². The highest BCUT2D eigenvalue weighted by Gasteiger charge is 2.29. The summed E-state index contributed by atoms with van der Waals surface area (Å²) in [5.41, 5.74) is 3.40. The molecule has 0 unspecified atom stereocenters. The number of benzene rings is 2. The molecule has 1 atom stereocenters. The zero-order valence-corrected chi connectivity index (χ0v) is 17.9. The molecule has 1 aromatic heterocycles. The molecule has 0 aliphatic heterocycles. The summed E-state index contributed by atoms with van der Waals surface area (Å²) in [6.45, 7) is 1.49. The Morgan fingerprint density at radius 2 is 1.74 bits per heavy atom. The zero-order valence-electron chi connectivity index (χ0n) is 17.0. The summed E-state index contributed by atoms with van der Waals surface area (Å²) in [6.07, 6.45) is 5.68. The molecule has 0 aliphatic carbocycles. The van der Waals surface area contributed by atoms with Crippen LogP contribution in [0.1, 0.15) is 12.5 Å². The third-order valence-electron chi connectivity index (χ3n) is 4.23. The van der Waals surface area contributed by atoms with E-state index in [-0.39, 0.29) is 0 Å². The highest BCUT2D eigenvalue weighted by molar-refractivity contribution is 7.92. The monoisotopic (exact) mass is 438 g/mol. The first-order valence-corrected chi connectivity index (χ1v) is 11.2. The number of hydrogen-bond acceptors (Lipinski definition) is 6. The number of pyridine rings is 1. The summed E-state index contributed by atoms with van der Waals surface area (Å²) in [7, 11) is -3.74. The van der Waals surface area contributed by atoms with Gasteiger partial charge < -0.3 is 4.74 Å². The third kappa shape index (κ3) is 6.13. The highest BCUT2D eigenvalue weighted by Crippen LogP contribution is 2.26. The first-order chi connectivity index (χ1) is 14.8. The second kappa shape index (κ2) is 9.86. The van der Waals surface area contributed by atoms with Crippen molar-refractivity contribution < 1.29 is 17.9 Å². The molecule has 9 heteroatoms. The number of sulfonamides is 1. The van der Waals surface area contributed by atoms with E-state index in [9.17, 15) is 13.2 Å². The summed E-state index contributed by atoms with van der Waals surface area (Å²) in [4.78, 5) is 16.5. The Balaban J connectivity index is 1.73. The van der Waals surface area contributed by atoms with Gasteiger partial charge in [0.2, 0.25) is 10.0 Å². The average Bonchev–Trinajstić information content (AvgIpc) is 2.75. The maximum absolute atomic E-state index is 12.5. The molecule has 1 N–H and O–H groups in total. The molecular weight excluding hydrogens is 416 g/mol. The number of rotatable bonds is 8. The lowest BCUT2D eigenvalue weighted by molar-refractivity contribution is -0.121. The minimum absolute atomic E-state index is 0.335. The van der Waals surface area contributed by atoms with Crippen molar-refractivity contribution in [2.24, 2.45) is 5.10 Å². The molecule has 1 heterocycles. The molecular formula is C22H22N4O4S. The van der Waals surface area contributed by atoms with Crippen LogP contribution in [0.3, 0.4) is 0 Å². The lowest BCUT2D eigenvalue weighted by Gasteiger charge is -2.27. The van der Waals surface area contributed by atoms with Crippen molar-refractivity contribution in [1.82, 2.24) is 10.4 Å². The smallest absolute Gasteiger partial charge is 0.263 e. The quantitative estimate of drug-likeness (QED) is 0.430. The van der Waals surface area contributed by atoms with Gasteiger partial charge in [-0.1, -0.05) is 24.3 Å². The number of nitrogens with one attached hydrogen (secondary N) is 1. The normalized spacial score (nSPS) is 12.3. The Bertz CT molecular complexity index is 1140. The number of anilines is 1. The molecule has 2 aromatic carbocycles. The van der Waals surface area contributed by atoms with Crippen LogP contribution in [0, 0.1) is 0 Å². The Kier molecular flexibility index (Phi) is 6.99. The Labute approximate surface area is 181 Å². The maximum atomic E-state index is 12.5. The number of carbonyl (C=O) groups excluding carboxylic acids is 1. The van der Waals surface area contributed by atoms with E-state index in [2.05, 4.69) is 15.5 Å². The minimum Gasteiger partial charge on any atom is -0.457 e. The minimum atomic E-state index is -3.74. The van der Waals surface area contributed by atoms with Crippen molar-refractivity contribution in [3.63, 3.8) is 0 Å². The van der Waals surface area contributed by atoms with Gasteiger partial charge in [-0.05, 0) is 49.4 Å². The molecule has 0 bridgehead atoms. The van der Waals surface area contributed by atoms with Crippen molar-refractivity contribution >= 4 is 27.8 Å². The van der Waals surface area contributed by atoms with Gasteiger partial charge in [0, 0.05) is 18.0 Å². The van der Waals surface area contributed by atoms with Crippen LogP contribution in [-0.2, 0) is 14.8 Å². The van der Waals surface area contributed by atoms with Gasteiger partial charge in [0.1, 0.15) is 17.5 Å². The van der Waals surface area contributed by atoms with Crippen molar-refractivity contribution in [2.75, 3.05) is 10.6 Å². The fourth-order valence-corrected chi connectivity index (χ4v) is 3.99.